The lowest BCUT2D eigenvalue weighted by Crippen LogP contribution is -2.44. The molecule has 0 aromatic rings. The Hall–Kier alpha value is -3.01. The van der Waals surface area contributed by atoms with E-state index < -0.39 is 24.3 Å². The number of aliphatic carboxylic acids is 1. The monoisotopic (exact) mass is 1330 g/mol. The molecule has 0 rings (SSSR count). The van der Waals surface area contributed by atoms with E-state index in [1.54, 1.807) is 0 Å². The molecule has 0 saturated heterocycles. The van der Waals surface area contributed by atoms with Gasteiger partial charge < -0.3 is 33.3 Å². The number of hydrogen-bond donors (Lipinski definition) is 0. The minimum Gasteiger partial charge on any atom is -0.545 e. The average molecular weight is 1340 g/mol. The van der Waals surface area contributed by atoms with Crippen LogP contribution in [0.4, 0.5) is 0 Å². The first-order valence-electron chi connectivity index (χ1n) is 41.4. The summed E-state index contributed by atoms with van der Waals surface area (Å²) in [7, 11) is 5.95. The molecule has 0 aliphatic carbocycles. The highest BCUT2D eigenvalue weighted by Crippen LogP contribution is 2.20. The second kappa shape index (κ2) is 76.7. The Kier molecular flexibility index (Phi) is 74.3. The van der Waals surface area contributed by atoms with Gasteiger partial charge in [-0.1, -0.05) is 376 Å². The van der Waals surface area contributed by atoms with Crippen LogP contribution in [0.5, 0.6) is 0 Å². The minimum atomic E-state index is -1.62. The molecule has 9 heteroatoms. The lowest BCUT2D eigenvalue weighted by atomic mass is 10.0. The summed E-state index contributed by atoms with van der Waals surface area (Å²) in [5, 5.41) is 11.9. The van der Waals surface area contributed by atoms with Crippen LogP contribution in [0.1, 0.15) is 412 Å². The van der Waals surface area contributed by atoms with E-state index in [1.165, 1.54) is 327 Å². The highest BCUT2D eigenvalue weighted by molar-refractivity contribution is 5.70. The predicted octanol–water partition coefficient (Wildman–Crippen LogP) is 25.3. The van der Waals surface area contributed by atoms with Crippen LogP contribution in [0.15, 0.2) is 60.8 Å². The number of ether oxygens (including phenoxy) is 4. The van der Waals surface area contributed by atoms with Crippen LogP contribution in [0.2, 0.25) is 0 Å². The third-order valence-electron chi connectivity index (χ3n) is 18.7. The van der Waals surface area contributed by atoms with E-state index in [0.717, 1.165) is 57.8 Å². The molecule has 0 aliphatic heterocycles. The van der Waals surface area contributed by atoms with Crippen molar-refractivity contribution in [1.82, 2.24) is 0 Å². The summed E-state index contributed by atoms with van der Waals surface area (Å²) in [6.45, 7) is 4.80. The topological polar surface area (TPSA) is 111 Å². The Balaban J connectivity index is 3.95. The van der Waals surface area contributed by atoms with Gasteiger partial charge in [-0.3, -0.25) is 9.59 Å². The second-order valence-corrected chi connectivity index (χ2v) is 29.4. The fourth-order valence-electron chi connectivity index (χ4n) is 12.4. The SMILES string of the molecule is CCCCCCC/C=C\C/C=C\C/C=C\CCCCCCCCCCCCCCCCCCCCCCCCCCC(=O)OC(COC(=O)CCCCCCCCCCCCCCCCCCCCC/C=C\C/C=C\CCCCCCC)COC(OCC[N+](C)(C)C)C(=O)[O-]. The van der Waals surface area contributed by atoms with Crippen molar-refractivity contribution in [3.63, 3.8) is 0 Å². The van der Waals surface area contributed by atoms with Crippen LogP contribution in [0.3, 0.4) is 0 Å². The number of carbonyl (C=O) groups is 3. The van der Waals surface area contributed by atoms with Crippen LogP contribution in [0.25, 0.3) is 0 Å². The summed E-state index contributed by atoms with van der Waals surface area (Å²) >= 11 is 0. The van der Waals surface area contributed by atoms with E-state index in [4.69, 9.17) is 18.9 Å². The lowest BCUT2D eigenvalue weighted by Gasteiger charge is -2.26. The van der Waals surface area contributed by atoms with Crippen molar-refractivity contribution in [3.05, 3.63) is 60.8 Å². The van der Waals surface area contributed by atoms with Crippen molar-refractivity contribution in [2.75, 3.05) is 47.5 Å². The Bertz CT molecular complexity index is 1750. The van der Waals surface area contributed by atoms with Gasteiger partial charge in [0.1, 0.15) is 13.2 Å². The molecule has 2 unspecified atom stereocenters. The van der Waals surface area contributed by atoms with E-state index >= 15 is 0 Å². The maximum absolute atomic E-state index is 13.0. The largest absolute Gasteiger partial charge is 0.545 e. The average Bonchev–Trinajstić information content (AvgIpc) is 2.92. The van der Waals surface area contributed by atoms with Gasteiger partial charge in [-0.2, -0.15) is 0 Å². The zero-order valence-corrected chi connectivity index (χ0v) is 63.8. The fraction of sp³-hybridized carbons (Fsp3) is 0.849. The summed E-state index contributed by atoms with van der Waals surface area (Å²) in [4.78, 5) is 37.6. The fourth-order valence-corrected chi connectivity index (χ4v) is 12.4. The zero-order valence-electron chi connectivity index (χ0n) is 63.8. The van der Waals surface area contributed by atoms with Gasteiger partial charge in [0.05, 0.1) is 40.3 Å². The molecule has 0 aliphatic rings. The van der Waals surface area contributed by atoms with Crippen molar-refractivity contribution >= 4 is 17.9 Å². The van der Waals surface area contributed by atoms with Gasteiger partial charge in [-0.05, 0) is 83.5 Å². The molecule has 0 bridgehead atoms. The Labute approximate surface area is 590 Å². The Morgan fingerprint density at radius 2 is 0.568 bits per heavy atom. The Morgan fingerprint density at radius 3 is 0.842 bits per heavy atom. The quantitative estimate of drug-likeness (QED) is 0.0195. The molecule has 0 fully saturated rings. The maximum Gasteiger partial charge on any atom is 0.306 e. The molecule has 0 spiro atoms. The van der Waals surface area contributed by atoms with Crippen LogP contribution < -0.4 is 5.11 Å². The molecule has 2 atom stereocenters. The van der Waals surface area contributed by atoms with Gasteiger partial charge in [-0.25, -0.2) is 0 Å². The Morgan fingerprint density at radius 1 is 0.316 bits per heavy atom. The normalized spacial score (nSPS) is 12.9. The van der Waals surface area contributed by atoms with Crippen LogP contribution in [-0.4, -0.2) is 82.3 Å². The van der Waals surface area contributed by atoms with E-state index in [-0.39, 0.29) is 32.2 Å². The molecular weight excluding hydrogens is 1170 g/mol. The molecule has 0 heterocycles. The highest BCUT2D eigenvalue weighted by Gasteiger charge is 2.22. The van der Waals surface area contributed by atoms with Crippen molar-refractivity contribution in [3.8, 4) is 0 Å². The van der Waals surface area contributed by atoms with Crippen molar-refractivity contribution < 1.29 is 42.9 Å². The van der Waals surface area contributed by atoms with Crippen LogP contribution >= 0.6 is 0 Å². The molecule has 0 amide bonds. The third kappa shape index (κ3) is 78.2. The van der Waals surface area contributed by atoms with Gasteiger partial charge in [0.15, 0.2) is 12.4 Å². The first kappa shape index (κ1) is 92.0. The van der Waals surface area contributed by atoms with Gasteiger partial charge in [0.2, 0.25) is 0 Å². The standard InChI is InChI=1S/C86H159NO8/c1-6-8-10-12-14-16-18-20-22-24-26-28-30-32-34-36-38-39-40-41-42-43-44-45-47-49-51-53-55-57-59-61-63-65-67-69-71-73-75-77-84(89)95-82(81-94-86(85(90)91)92-79-78-87(3,4)5)80-93-83(88)76-74-72-70-68-66-64-62-60-58-56-54-52-50-48-46-37-35-33-31-29-27-25-23-21-19-17-15-13-11-9-7-2/h18-21,24-27,30,32,82,86H,6-17,22-23,28-29,31,33-81H2,1-5H3/b20-18-,21-19-,26-24-,27-25-,32-30-. The smallest absolute Gasteiger partial charge is 0.306 e. The summed E-state index contributed by atoms with van der Waals surface area (Å²) in [6.07, 6.45) is 99.3. The number of quaternary nitrogens is 1. The number of carboxylic acid groups (broad SMARTS) is 1. The first-order valence-corrected chi connectivity index (χ1v) is 41.4. The number of carbonyl (C=O) groups excluding carboxylic acids is 3. The summed E-state index contributed by atoms with van der Waals surface area (Å²) in [6, 6.07) is 0. The number of unbranched alkanes of at least 4 members (excludes halogenated alkanes) is 53. The number of likely N-dealkylation sites (N-methyl/N-ethyl adjacent to an activating group) is 1. The predicted molar refractivity (Wildman–Crippen MR) is 408 cm³/mol. The second-order valence-electron chi connectivity index (χ2n) is 29.4. The maximum atomic E-state index is 13.0. The van der Waals surface area contributed by atoms with Gasteiger partial charge in [0, 0.05) is 12.8 Å². The van der Waals surface area contributed by atoms with E-state index in [9.17, 15) is 19.5 Å². The number of allylic oxidation sites excluding steroid dienone is 10. The lowest BCUT2D eigenvalue weighted by molar-refractivity contribution is -0.870. The zero-order chi connectivity index (χ0) is 69.0. The number of esters is 2. The molecule has 0 saturated carbocycles. The minimum absolute atomic E-state index is 0.150. The first-order chi connectivity index (χ1) is 46.6. The molecule has 0 N–H and O–H groups in total. The number of hydrogen-bond acceptors (Lipinski definition) is 8. The molecular formula is C86H159NO8. The van der Waals surface area contributed by atoms with E-state index in [2.05, 4.69) is 74.6 Å². The summed E-state index contributed by atoms with van der Waals surface area (Å²) in [5.74, 6) is -2.25. The molecule has 9 nitrogen and oxygen atoms in total. The van der Waals surface area contributed by atoms with Crippen LogP contribution in [0, 0.1) is 0 Å². The van der Waals surface area contributed by atoms with Gasteiger partial charge in [-0.15, -0.1) is 0 Å². The number of carboxylic acids is 1. The number of nitrogens with zero attached hydrogens (tertiary/aromatic N) is 1. The molecule has 556 valence electrons. The van der Waals surface area contributed by atoms with Gasteiger partial charge >= 0.3 is 11.9 Å². The van der Waals surface area contributed by atoms with Crippen molar-refractivity contribution in [1.29, 1.82) is 0 Å². The van der Waals surface area contributed by atoms with Crippen molar-refractivity contribution in [2.24, 2.45) is 0 Å². The molecule has 0 aromatic heterocycles. The third-order valence-corrected chi connectivity index (χ3v) is 18.7. The van der Waals surface area contributed by atoms with E-state index in [0.29, 0.717) is 17.4 Å². The summed E-state index contributed by atoms with van der Waals surface area (Å²) in [5.41, 5.74) is 0. The van der Waals surface area contributed by atoms with Gasteiger partial charge in [0.25, 0.3) is 0 Å². The highest BCUT2D eigenvalue weighted by atomic mass is 16.7. The molecule has 0 aromatic carbocycles. The van der Waals surface area contributed by atoms with E-state index in [1.807, 2.05) is 21.1 Å². The molecule has 95 heavy (non-hydrogen) atoms. The van der Waals surface area contributed by atoms with Crippen molar-refractivity contribution in [2.45, 2.75) is 424 Å². The molecule has 0 radical (unpaired) electrons. The summed E-state index contributed by atoms with van der Waals surface area (Å²) < 4.78 is 22.9. The number of rotatable bonds is 78. The van der Waals surface area contributed by atoms with Crippen LogP contribution in [-0.2, 0) is 33.3 Å².